The van der Waals surface area contributed by atoms with Crippen LogP contribution in [0.25, 0.3) is 0 Å². The van der Waals surface area contributed by atoms with Gasteiger partial charge < -0.3 is 10.0 Å². The van der Waals surface area contributed by atoms with E-state index in [0.717, 1.165) is 12.1 Å². The maximum atomic E-state index is 13.1. The number of aliphatic imine (C=N–C) groups is 1. The number of hydrogen-bond acceptors (Lipinski definition) is 4. The predicted octanol–water partition coefficient (Wildman–Crippen LogP) is 4.14. The van der Waals surface area contributed by atoms with Gasteiger partial charge in [0.05, 0.1) is 28.5 Å². The molecule has 0 fully saturated rings. The van der Waals surface area contributed by atoms with Crippen molar-refractivity contribution in [2.45, 2.75) is 25.6 Å². The second-order valence-electron chi connectivity index (χ2n) is 5.61. The zero-order valence-electron chi connectivity index (χ0n) is 13.3. The Morgan fingerprint density at radius 2 is 2.08 bits per heavy atom. The Morgan fingerprint density at radius 1 is 1.42 bits per heavy atom. The lowest BCUT2D eigenvalue weighted by Crippen LogP contribution is -2.44. The fourth-order valence-electron chi connectivity index (χ4n) is 2.62. The monoisotopic (exact) mass is 448 g/mol. The highest BCUT2D eigenvalue weighted by Gasteiger charge is 2.36. The summed E-state index contributed by atoms with van der Waals surface area (Å²) in [6.07, 6.45) is -4.62. The van der Waals surface area contributed by atoms with E-state index in [1.807, 2.05) is 0 Å². The van der Waals surface area contributed by atoms with E-state index in [4.69, 9.17) is 0 Å². The summed E-state index contributed by atoms with van der Waals surface area (Å²) in [4.78, 5) is 29.0. The largest absolute Gasteiger partial charge is 0.478 e. The number of rotatable bonds is 3. The third-order valence-corrected chi connectivity index (χ3v) is 4.70. The van der Waals surface area contributed by atoms with Crippen LogP contribution >= 0.6 is 28.1 Å². The Bertz CT molecular complexity index is 848. The Morgan fingerprint density at radius 3 is 2.62 bits per heavy atom. The second kappa shape index (κ2) is 7.69. The molecule has 0 aromatic heterocycles. The van der Waals surface area contributed by atoms with Crippen LogP contribution in [0.15, 0.2) is 38.9 Å². The summed E-state index contributed by atoms with van der Waals surface area (Å²) in [5.74, 6) is -1.84. The van der Waals surface area contributed by atoms with E-state index in [9.17, 15) is 27.9 Å². The molecule has 0 saturated carbocycles. The molecule has 1 aromatic rings. The lowest BCUT2D eigenvalue weighted by atomic mass is 9.97. The van der Waals surface area contributed by atoms with Crippen molar-refractivity contribution in [3.8, 4) is 0 Å². The Kier molecular flexibility index (Phi) is 6.00. The molecule has 1 N–H and O–H groups in total. The number of carboxylic acid groups (broad SMARTS) is 1. The normalized spacial score (nSPS) is 17.7. The number of nitrogens with zero attached hydrogens (tertiary/aromatic N) is 2. The molecule has 1 aliphatic rings. The maximum Gasteiger partial charge on any atom is 0.417 e. The van der Waals surface area contributed by atoms with Crippen LogP contribution in [0.5, 0.6) is 0 Å². The van der Waals surface area contributed by atoms with Crippen molar-refractivity contribution in [3.63, 3.8) is 0 Å². The van der Waals surface area contributed by atoms with Gasteiger partial charge in [-0.2, -0.15) is 18.2 Å². The summed E-state index contributed by atoms with van der Waals surface area (Å²) in [7, 11) is 0. The number of isothiocyanates is 1. The van der Waals surface area contributed by atoms with Crippen molar-refractivity contribution in [2.75, 3.05) is 6.54 Å². The van der Waals surface area contributed by atoms with Gasteiger partial charge >= 0.3 is 12.1 Å². The van der Waals surface area contributed by atoms with Gasteiger partial charge in [-0.25, -0.2) is 4.79 Å². The van der Waals surface area contributed by atoms with Crippen LogP contribution in [-0.4, -0.2) is 39.6 Å². The third-order valence-electron chi connectivity index (χ3n) is 3.92. The lowest BCUT2D eigenvalue weighted by molar-refractivity contribution is -0.138. The predicted molar refractivity (Wildman–Crippen MR) is 93.9 cm³/mol. The molecular weight excluding hydrogens is 437 g/mol. The number of carboxylic acids is 1. The first-order valence-corrected chi connectivity index (χ1v) is 8.47. The molecule has 0 bridgehead atoms. The number of halogens is 4. The first-order valence-electron chi connectivity index (χ1n) is 7.27. The summed E-state index contributed by atoms with van der Waals surface area (Å²) in [6.45, 7) is 1.44. The smallest absolute Gasteiger partial charge is 0.417 e. The molecule has 0 saturated heterocycles. The topological polar surface area (TPSA) is 70.0 Å². The number of carbonyl (C=O) groups excluding carboxylic acids is 1. The first-order chi connectivity index (χ1) is 12.1. The summed E-state index contributed by atoms with van der Waals surface area (Å²) in [5.41, 5.74) is -1.05. The van der Waals surface area contributed by atoms with Crippen molar-refractivity contribution in [1.82, 2.24) is 4.90 Å². The quantitative estimate of drug-likeness (QED) is 0.557. The van der Waals surface area contributed by atoms with E-state index in [1.165, 1.54) is 11.0 Å². The van der Waals surface area contributed by atoms with Crippen molar-refractivity contribution in [1.29, 1.82) is 0 Å². The van der Waals surface area contributed by atoms with Crippen molar-refractivity contribution >= 4 is 45.2 Å². The number of hydrogen-bond donors (Lipinski definition) is 1. The minimum absolute atomic E-state index is 0.000421. The molecule has 10 heteroatoms. The molecule has 1 aliphatic heterocycles. The molecule has 138 valence electrons. The first kappa shape index (κ1) is 20.3. The number of benzene rings is 1. The van der Waals surface area contributed by atoms with E-state index in [0.29, 0.717) is 0 Å². The van der Waals surface area contributed by atoms with Gasteiger partial charge in [0.15, 0.2) is 0 Å². The highest BCUT2D eigenvalue weighted by molar-refractivity contribution is 9.10. The van der Waals surface area contributed by atoms with Gasteiger partial charge in [0.2, 0.25) is 0 Å². The van der Waals surface area contributed by atoms with Crippen LogP contribution in [0.3, 0.4) is 0 Å². The Labute approximate surface area is 160 Å². The van der Waals surface area contributed by atoms with Gasteiger partial charge in [-0.3, -0.25) is 4.79 Å². The van der Waals surface area contributed by atoms with Gasteiger partial charge in [-0.15, -0.1) is 0 Å². The van der Waals surface area contributed by atoms with Gasteiger partial charge in [0, 0.05) is 22.5 Å². The van der Waals surface area contributed by atoms with Crippen molar-refractivity contribution in [3.05, 3.63) is 45.1 Å². The van der Waals surface area contributed by atoms with Crippen molar-refractivity contribution in [2.24, 2.45) is 4.99 Å². The molecule has 1 aromatic carbocycles. The van der Waals surface area contributed by atoms with Gasteiger partial charge in [-0.1, -0.05) is 15.9 Å². The van der Waals surface area contributed by atoms with Crippen LogP contribution in [-0.2, 0) is 11.0 Å². The van der Waals surface area contributed by atoms with Crippen molar-refractivity contribution < 1.29 is 27.9 Å². The van der Waals surface area contributed by atoms with E-state index < -0.39 is 29.7 Å². The van der Waals surface area contributed by atoms with Gasteiger partial charge in [0.1, 0.15) is 0 Å². The lowest BCUT2D eigenvalue weighted by Gasteiger charge is -2.34. The molecule has 0 radical (unpaired) electrons. The van der Waals surface area contributed by atoms with E-state index in [-0.39, 0.29) is 34.3 Å². The number of carbonyl (C=O) groups is 2. The van der Waals surface area contributed by atoms with Crippen LogP contribution in [0, 0.1) is 0 Å². The maximum absolute atomic E-state index is 13.1. The molecule has 2 rings (SSSR count). The summed E-state index contributed by atoms with van der Waals surface area (Å²) < 4.78 is 39.0. The number of amides is 1. The highest BCUT2D eigenvalue weighted by atomic mass is 79.9. The zero-order chi connectivity index (χ0) is 19.6. The minimum Gasteiger partial charge on any atom is -0.478 e. The summed E-state index contributed by atoms with van der Waals surface area (Å²) in [5, 5.41) is 11.3. The molecule has 1 heterocycles. The number of aliphatic carboxylic acids is 1. The van der Waals surface area contributed by atoms with E-state index in [1.54, 1.807) is 6.92 Å². The molecule has 1 amide bonds. The number of thiocarbonyl (C=S) groups is 1. The fraction of sp³-hybridized carbons (Fsp3) is 0.312. The molecule has 5 nitrogen and oxygen atoms in total. The highest BCUT2D eigenvalue weighted by Crippen LogP contribution is 2.36. The Balaban J connectivity index is 2.42. The average Bonchev–Trinajstić information content (AvgIpc) is 2.55. The molecule has 1 unspecified atom stereocenters. The Hall–Kier alpha value is -2.03. The molecule has 0 aliphatic carbocycles. The molecular formula is C16H12BrF3N2O3S. The fourth-order valence-corrected chi connectivity index (χ4v) is 3.20. The zero-order valence-corrected chi connectivity index (χ0v) is 15.7. The van der Waals surface area contributed by atoms with Gasteiger partial charge in [-0.05, 0) is 37.3 Å². The minimum atomic E-state index is -4.62. The SMILES string of the molecule is CC1CC(C(=O)O)=C(N=C=S)CN1C(=O)c1ccc(Br)c(C(F)(F)F)c1. The third kappa shape index (κ3) is 4.20. The van der Waals surface area contributed by atoms with Crippen LogP contribution in [0.4, 0.5) is 13.2 Å². The summed E-state index contributed by atoms with van der Waals surface area (Å²) >= 11 is 7.32. The molecule has 26 heavy (non-hydrogen) atoms. The van der Waals surface area contributed by atoms with Crippen LogP contribution < -0.4 is 0 Å². The van der Waals surface area contributed by atoms with Gasteiger partial charge in [0.25, 0.3) is 5.91 Å². The van der Waals surface area contributed by atoms with E-state index >= 15 is 0 Å². The second-order valence-corrected chi connectivity index (χ2v) is 6.65. The standard InChI is InChI=1S/C16H12BrF3N2O3S/c1-8-4-10(15(24)25)13(21-7-26)6-22(8)14(23)9-2-3-12(17)11(5-9)16(18,19)20/h2-3,5,8H,4,6H2,1H3,(H,24,25). The summed E-state index contributed by atoms with van der Waals surface area (Å²) in [6, 6.07) is 2.65. The van der Waals surface area contributed by atoms with Crippen LogP contribution in [0.2, 0.25) is 0 Å². The molecule has 1 atom stereocenters. The van der Waals surface area contributed by atoms with Crippen LogP contribution in [0.1, 0.15) is 29.3 Å². The average molecular weight is 449 g/mol. The van der Waals surface area contributed by atoms with E-state index in [2.05, 4.69) is 38.3 Å². The number of alkyl halides is 3. The molecule has 0 spiro atoms.